The van der Waals surface area contributed by atoms with Crippen LogP contribution in [0.1, 0.15) is 31.2 Å². The number of carbonyl (C=O) groups is 3. The minimum absolute atomic E-state index is 0.0431. The third-order valence-corrected chi connectivity index (χ3v) is 5.69. The van der Waals surface area contributed by atoms with Gasteiger partial charge in [0.2, 0.25) is 11.8 Å². The number of thiophene rings is 1. The molecule has 1 aromatic rings. The summed E-state index contributed by atoms with van der Waals surface area (Å²) in [6.07, 6.45) is 2.28. The highest BCUT2D eigenvalue weighted by Gasteiger charge is 2.51. The zero-order chi connectivity index (χ0) is 16.4. The van der Waals surface area contributed by atoms with Crippen molar-refractivity contribution in [2.75, 3.05) is 13.1 Å². The molecule has 124 valence electrons. The second kappa shape index (κ2) is 6.31. The largest absolute Gasteiger partial charge is 0.481 e. The van der Waals surface area contributed by atoms with Gasteiger partial charge >= 0.3 is 5.97 Å². The van der Waals surface area contributed by atoms with E-state index in [-0.39, 0.29) is 18.2 Å². The van der Waals surface area contributed by atoms with Gasteiger partial charge in [0.25, 0.3) is 0 Å². The molecule has 2 aliphatic rings. The molecule has 2 N–H and O–H groups in total. The van der Waals surface area contributed by atoms with Gasteiger partial charge in [0.15, 0.2) is 0 Å². The number of aliphatic carboxylic acids is 1. The molecule has 0 aromatic carbocycles. The van der Waals surface area contributed by atoms with E-state index in [1.54, 1.807) is 16.2 Å². The molecule has 1 atom stereocenters. The Labute approximate surface area is 138 Å². The molecule has 0 aliphatic carbocycles. The average molecular weight is 336 g/mol. The number of hydrogen-bond acceptors (Lipinski definition) is 4. The first-order chi connectivity index (χ1) is 11.0. The second-order valence-electron chi connectivity index (χ2n) is 6.31. The van der Waals surface area contributed by atoms with Gasteiger partial charge in [0.05, 0.1) is 11.5 Å². The van der Waals surface area contributed by atoms with Gasteiger partial charge in [0.1, 0.15) is 0 Å². The Hall–Kier alpha value is -1.89. The molecule has 1 aromatic heterocycles. The highest BCUT2D eigenvalue weighted by atomic mass is 32.1. The number of amides is 2. The zero-order valence-electron chi connectivity index (χ0n) is 12.8. The van der Waals surface area contributed by atoms with Crippen LogP contribution in [0.3, 0.4) is 0 Å². The summed E-state index contributed by atoms with van der Waals surface area (Å²) in [5.41, 5.74) is 0.499. The topological polar surface area (TPSA) is 86.7 Å². The van der Waals surface area contributed by atoms with Crippen molar-refractivity contribution in [1.29, 1.82) is 0 Å². The Bertz CT molecular complexity index is 606. The van der Waals surface area contributed by atoms with Crippen molar-refractivity contribution < 1.29 is 19.5 Å². The lowest BCUT2D eigenvalue weighted by Crippen LogP contribution is -2.56. The van der Waals surface area contributed by atoms with Gasteiger partial charge in [0, 0.05) is 25.9 Å². The Kier molecular flexibility index (Phi) is 4.39. The maximum Gasteiger partial charge on any atom is 0.309 e. The lowest BCUT2D eigenvalue weighted by Gasteiger charge is -2.41. The van der Waals surface area contributed by atoms with Gasteiger partial charge in [-0.15, -0.1) is 0 Å². The number of piperidine rings is 1. The summed E-state index contributed by atoms with van der Waals surface area (Å²) in [6, 6.07) is 2.02. The number of carboxylic acid groups (broad SMARTS) is 1. The summed E-state index contributed by atoms with van der Waals surface area (Å²) in [4.78, 5) is 37.1. The minimum Gasteiger partial charge on any atom is -0.481 e. The van der Waals surface area contributed by atoms with E-state index in [1.807, 2.05) is 16.8 Å². The Morgan fingerprint density at radius 1 is 1.39 bits per heavy atom. The number of nitrogens with one attached hydrogen (secondary N) is 1. The molecule has 3 heterocycles. The van der Waals surface area contributed by atoms with E-state index in [2.05, 4.69) is 5.32 Å². The molecular weight excluding hydrogens is 316 g/mol. The van der Waals surface area contributed by atoms with Gasteiger partial charge < -0.3 is 15.3 Å². The van der Waals surface area contributed by atoms with E-state index in [1.165, 1.54) is 5.56 Å². The Morgan fingerprint density at radius 2 is 2.13 bits per heavy atom. The van der Waals surface area contributed by atoms with Crippen LogP contribution in [0.25, 0.3) is 0 Å². The summed E-state index contributed by atoms with van der Waals surface area (Å²) < 4.78 is 0. The molecule has 0 bridgehead atoms. The van der Waals surface area contributed by atoms with Crippen molar-refractivity contribution in [3.05, 3.63) is 22.4 Å². The first-order valence-corrected chi connectivity index (χ1v) is 8.77. The SMILES string of the molecule is O=C1CC(C(=O)O)C2(CCN(C(=O)CCc3ccsc3)CC2)N1. The third kappa shape index (κ3) is 3.24. The summed E-state index contributed by atoms with van der Waals surface area (Å²) >= 11 is 1.62. The van der Waals surface area contributed by atoms with Crippen molar-refractivity contribution in [1.82, 2.24) is 10.2 Å². The summed E-state index contributed by atoms with van der Waals surface area (Å²) in [7, 11) is 0. The van der Waals surface area contributed by atoms with E-state index in [4.69, 9.17) is 0 Å². The highest BCUT2D eigenvalue weighted by molar-refractivity contribution is 7.07. The normalized spacial score (nSPS) is 23.0. The van der Waals surface area contributed by atoms with Gasteiger partial charge in [-0.05, 0) is 41.7 Å². The minimum atomic E-state index is -0.930. The van der Waals surface area contributed by atoms with Crippen LogP contribution in [0.15, 0.2) is 16.8 Å². The molecule has 1 spiro atoms. The fourth-order valence-electron chi connectivity index (χ4n) is 3.59. The summed E-state index contributed by atoms with van der Waals surface area (Å²) in [6.45, 7) is 1.01. The number of rotatable bonds is 4. The van der Waals surface area contributed by atoms with E-state index in [0.717, 1.165) is 6.42 Å². The first kappa shape index (κ1) is 16.0. The molecule has 23 heavy (non-hydrogen) atoms. The molecule has 0 saturated carbocycles. The predicted octanol–water partition coefficient (Wildman–Crippen LogP) is 1.26. The van der Waals surface area contributed by atoms with Crippen molar-refractivity contribution in [2.45, 2.75) is 37.6 Å². The van der Waals surface area contributed by atoms with Crippen LogP contribution >= 0.6 is 11.3 Å². The maximum absolute atomic E-state index is 12.3. The van der Waals surface area contributed by atoms with Crippen molar-refractivity contribution in [3.63, 3.8) is 0 Å². The molecule has 3 rings (SSSR count). The van der Waals surface area contributed by atoms with Gasteiger partial charge in [-0.1, -0.05) is 0 Å². The molecule has 1 unspecified atom stereocenters. The third-order valence-electron chi connectivity index (χ3n) is 4.96. The molecule has 2 amide bonds. The first-order valence-electron chi connectivity index (χ1n) is 7.83. The van der Waals surface area contributed by atoms with Crippen LogP contribution in [-0.4, -0.2) is 46.4 Å². The number of likely N-dealkylation sites (tertiary alicyclic amines) is 1. The second-order valence-corrected chi connectivity index (χ2v) is 7.09. The number of nitrogens with zero attached hydrogens (tertiary/aromatic N) is 1. The quantitative estimate of drug-likeness (QED) is 0.867. The lowest BCUT2D eigenvalue weighted by molar-refractivity contribution is -0.145. The van der Waals surface area contributed by atoms with E-state index in [0.29, 0.717) is 32.4 Å². The maximum atomic E-state index is 12.3. The van der Waals surface area contributed by atoms with Crippen molar-refractivity contribution in [2.24, 2.45) is 5.92 Å². The lowest BCUT2D eigenvalue weighted by atomic mass is 9.77. The molecule has 0 radical (unpaired) electrons. The number of hydrogen-bond donors (Lipinski definition) is 2. The predicted molar refractivity (Wildman–Crippen MR) is 85.1 cm³/mol. The van der Waals surface area contributed by atoms with E-state index >= 15 is 0 Å². The van der Waals surface area contributed by atoms with Crippen molar-refractivity contribution >= 4 is 29.1 Å². The summed E-state index contributed by atoms with van der Waals surface area (Å²) in [5.74, 6) is -1.71. The number of carbonyl (C=O) groups excluding carboxylic acids is 2. The number of carboxylic acids is 1. The molecule has 2 fully saturated rings. The van der Waals surface area contributed by atoms with Crippen LogP contribution in [0.2, 0.25) is 0 Å². The Balaban J connectivity index is 1.56. The highest BCUT2D eigenvalue weighted by Crippen LogP contribution is 2.37. The van der Waals surface area contributed by atoms with Crippen LogP contribution in [-0.2, 0) is 20.8 Å². The van der Waals surface area contributed by atoms with Gasteiger partial charge in [-0.3, -0.25) is 14.4 Å². The fourth-order valence-corrected chi connectivity index (χ4v) is 4.30. The zero-order valence-corrected chi connectivity index (χ0v) is 13.6. The fraction of sp³-hybridized carbons (Fsp3) is 0.562. The summed E-state index contributed by atoms with van der Waals surface area (Å²) in [5, 5.41) is 16.2. The molecule has 6 nitrogen and oxygen atoms in total. The average Bonchev–Trinajstić information content (AvgIpc) is 3.14. The van der Waals surface area contributed by atoms with E-state index in [9.17, 15) is 19.5 Å². The van der Waals surface area contributed by atoms with Crippen molar-refractivity contribution in [3.8, 4) is 0 Å². The van der Waals surface area contributed by atoms with Crippen LogP contribution in [0.5, 0.6) is 0 Å². The molecular formula is C16H20N2O4S. The van der Waals surface area contributed by atoms with E-state index < -0.39 is 17.4 Å². The number of aryl methyl sites for hydroxylation is 1. The molecule has 2 saturated heterocycles. The van der Waals surface area contributed by atoms with Crippen LogP contribution in [0, 0.1) is 5.92 Å². The van der Waals surface area contributed by atoms with Gasteiger partial charge in [-0.2, -0.15) is 11.3 Å². The monoisotopic (exact) mass is 336 g/mol. The Morgan fingerprint density at radius 3 is 2.74 bits per heavy atom. The smallest absolute Gasteiger partial charge is 0.309 e. The van der Waals surface area contributed by atoms with Crippen LogP contribution < -0.4 is 5.32 Å². The standard InChI is InChI=1S/C16H20N2O4S/c19-13-9-12(15(21)22)16(17-13)4-6-18(7-5-16)14(20)2-1-11-3-8-23-10-11/h3,8,10,12H,1-2,4-7,9H2,(H,17,19)(H,21,22). The van der Waals surface area contributed by atoms with Crippen LogP contribution in [0.4, 0.5) is 0 Å². The van der Waals surface area contributed by atoms with Gasteiger partial charge in [-0.25, -0.2) is 0 Å². The molecule has 2 aliphatic heterocycles. The molecule has 7 heteroatoms.